The van der Waals surface area contributed by atoms with Crippen LogP contribution in [-0.4, -0.2) is 23.9 Å². The highest BCUT2D eigenvalue weighted by atomic mass is 79.9. The number of carbonyl (C=O) groups excluding carboxylic acids is 1. The van der Waals surface area contributed by atoms with Gasteiger partial charge < -0.3 is 10.1 Å². The van der Waals surface area contributed by atoms with E-state index in [0.717, 1.165) is 31.0 Å². The van der Waals surface area contributed by atoms with Crippen LogP contribution < -0.4 is 10.1 Å². The van der Waals surface area contributed by atoms with Crippen molar-refractivity contribution in [2.45, 2.75) is 31.2 Å². The van der Waals surface area contributed by atoms with Crippen molar-refractivity contribution >= 4 is 21.8 Å². The molecule has 0 heterocycles. The second-order valence-corrected chi connectivity index (χ2v) is 5.49. The Morgan fingerprint density at radius 2 is 2.16 bits per heavy atom. The summed E-state index contributed by atoms with van der Waals surface area (Å²) in [6.45, 7) is 0. The number of hydrogen-bond acceptors (Lipinski definition) is 2. The Bertz CT molecular complexity index is 473. The number of rotatable bonds is 4. The Hall–Kier alpha value is -1.10. The second-order valence-electron chi connectivity index (χ2n) is 4.92. The molecule has 3 nitrogen and oxygen atoms in total. The summed E-state index contributed by atoms with van der Waals surface area (Å²) < 4.78 is 18.2. The van der Waals surface area contributed by atoms with Gasteiger partial charge in [-0.15, -0.1) is 0 Å². The van der Waals surface area contributed by atoms with Gasteiger partial charge in [0.2, 0.25) is 0 Å². The molecule has 0 bridgehead atoms. The van der Waals surface area contributed by atoms with E-state index in [-0.39, 0.29) is 17.2 Å². The van der Waals surface area contributed by atoms with E-state index >= 15 is 0 Å². The summed E-state index contributed by atoms with van der Waals surface area (Å²) in [5, 5.41) is 3.81. The number of hydrogen-bond donors (Lipinski definition) is 1. The number of halogens is 2. The van der Waals surface area contributed by atoms with Gasteiger partial charge in [-0.25, -0.2) is 4.39 Å². The van der Waals surface area contributed by atoms with Gasteiger partial charge in [0.25, 0.3) is 5.91 Å². The zero-order valence-electron chi connectivity index (χ0n) is 10.8. The van der Waals surface area contributed by atoms with Gasteiger partial charge in [-0.05, 0) is 31.0 Å². The van der Waals surface area contributed by atoms with Gasteiger partial charge >= 0.3 is 0 Å². The molecular formula is C14H17BrFNO2. The summed E-state index contributed by atoms with van der Waals surface area (Å²) in [5.41, 5.74) is 0.254. The molecule has 0 radical (unpaired) electrons. The molecule has 0 saturated heterocycles. The van der Waals surface area contributed by atoms with Crippen molar-refractivity contribution in [3.8, 4) is 5.75 Å². The highest BCUT2D eigenvalue weighted by molar-refractivity contribution is 9.09. The van der Waals surface area contributed by atoms with Crippen LogP contribution >= 0.6 is 15.9 Å². The first-order valence-corrected chi connectivity index (χ1v) is 7.44. The van der Waals surface area contributed by atoms with E-state index in [1.54, 1.807) is 0 Å². The fourth-order valence-corrected chi connectivity index (χ4v) is 3.16. The molecule has 0 spiro atoms. The quantitative estimate of drug-likeness (QED) is 0.861. The zero-order valence-corrected chi connectivity index (χ0v) is 12.4. The molecule has 1 saturated carbocycles. The summed E-state index contributed by atoms with van der Waals surface area (Å²) >= 11 is 3.47. The zero-order chi connectivity index (χ0) is 13.9. The third-order valence-corrected chi connectivity index (χ3v) is 4.68. The maximum Gasteiger partial charge on any atom is 0.251 e. The van der Waals surface area contributed by atoms with E-state index in [4.69, 9.17) is 4.74 Å². The van der Waals surface area contributed by atoms with Crippen molar-refractivity contribution < 1.29 is 13.9 Å². The van der Waals surface area contributed by atoms with Gasteiger partial charge in [-0.3, -0.25) is 4.79 Å². The van der Waals surface area contributed by atoms with E-state index in [1.165, 1.54) is 25.3 Å². The largest absolute Gasteiger partial charge is 0.494 e. The van der Waals surface area contributed by atoms with Crippen LogP contribution in [0.1, 0.15) is 36.0 Å². The van der Waals surface area contributed by atoms with Crippen molar-refractivity contribution in [2.75, 3.05) is 12.4 Å². The normalized spacial score (nSPS) is 17.2. The molecule has 0 aromatic heterocycles. The fourth-order valence-electron chi connectivity index (χ4n) is 2.46. The number of nitrogens with one attached hydrogen (secondary N) is 1. The predicted octanol–water partition coefficient (Wildman–Crippen LogP) is 3.27. The molecule has 0 aliphatic heterocycles. The van der Waals surface area contributed by atoms with Gasteiger partial charge in [0.1, 0.15) is 0 Å². The molecule has 19 heavy (non-hydrogen) atoms. The topological polar surface area (TPSA) is 38.3 Å². The lowest BCUT2D eigenvalue weighted by atomic mass is 10.00. The Morgan fingerprint density at radius 1 is 1.47 bits per heavy atom. The van der Waals surface area contributed by atoms with Crippen LogP contribution in [0, 0.1) is 5.82 Å². The number of carbonyl (C=O) groups is 1. The molecule has 1 aromatic carbocycles. The maximum absolute atomic E-state index is 13.3. The second kappa shape index (κ2) is 5.90. The third kappa shape index (κ3) is 3.08. The molecule has 1 amide bonds. The number of ether oxygens (including phenoxy) is 1. The van der Waals surface area contributed by atoms with Gasteiger partial charge in [0.05, 0.1) is 12.6 Å². The van der Waals surface area contributed by atoms with Crippen molar-refractivity contribution in [1.29, 1.82) is 0 Å². The average molecular weight is 330 g/mol. The molecule has 1 fully saturated rings. The lowest BCUT2D eigenvalue weighted by molar-refractivity contribution is 0.0910. The van der Waals surface area contributed by atoms with Crippen LogP contribution in [0.2, 0.25) is 0 Å². The molecule has 1 aliphatic rings. The summed E-state index contributed by atoms with van der Waals surface area (Å²) in [6, 6.07) is 4.16. The summed E-state index contributed by atoms with van der Waals surface area (Å²) in [4.78, 5) is 12.2. The van der Waals surface area contributed by atoms with E-state index in [1.807, 2.05) is 0 Å². The van der Waals surface area contributed by atoms with Crippen molar-refractivity contribution in [3.63, 3.8) is 0 Å². The summed E-state index contributed by atoms with van der Waals surface area (Å²) in [5.74, 6) is -0.554. The van der Waals surface area contributed by atoms with Crippen molar-refractivity contribution in [2.24, 2.45) is 0 Å². The van der Waals surface area contributed by atoms with Gasteiger partial charge in [0, 0.05) is 10.9 Å². The van der Waals surface area contributed by atoms with Gasteiger partial charge in [-0.2, -0.15) is 0 Å². The van der Waals surface area contributed by atoms with E-state index in [0.29, 0.717) is 5.56 Å². The molecular weight excluding hydrogens is 313 g/mol. The minimum absolute atomic E-state index is 0.0898. The van der Waals surface area contributed by atoms with Crippen LogP contribution in [-0.2, 0) is 0 Å². The summed E-state index contributed by atoms with van der Waals surface area (Å²) in [6.07, 6.45) is 4.20. The first-order chi connectivity index (χ1) is 9.10. The summed E-state index contributed by atoms with van der Waals surface area (Å²) in [7, 11) is 1.39. The molecule has 2 rings (SSSR count). The minimum Gasteiger partial charge on any atom is -0.494 e. The number of methoxy groups -OCH3 is 1. The standard InChI is InChI=1S/C14H17BrFNO2/c1-19-12-8-10(4-5-11(12)16)13(18)17-14(9-15)6-2-3-7-14/h4-5,8H,2-3,6-7,9H2,1H3,(H,17,18). The molecule has 1 N–H and O–H groups in total. The van der Waals surface area contributed by atoms with E-state index in [9.17, 15) is 9.18 Å². The number of benzene rings is 1. The lowest BCUT2D eigenvalue weighted by Crippen LogP contribution is -2.47. The van der Waals surface area contributed by atoms with Crippen molar-refractivity contribution in [3.05, 3.63) is 29.6 Å². The van der Waals surface area contributed by atoms with Crippen LogP contribution in [0.3, 0.4) is 0 Å². The molecule has 104 valence electrons. The Kier molecular flexibility index (Phi) is 4.45. The van der Waals surface area contributed by atoms with Crippen LogP contribution in [0.4, 0.5) is 4.39 Å². The third-order valence-electron chi connectivity index (χ3n) is 3.61. The highest BCUT2D eigenvalue weighted by Gasteiger charge is 2.34. The average Bonchev–Trinajstić information content (AvgIpc) is 2.88. The van der Waals surface area contributed by atoms with Crippen LogP contribution in [0.15, 0.2) is 18.2 Å². The molecule has 5 heteroatoms. The smallest absolute Gasteiger partial charge is 0.251 e. The first kappa shape index (κ1) is 14.3. The lowest BCUT2D eigenvalue weighted by Gasteiger charge is -2.28. The first-order valence-electron chi connectivity index (χ1n) is 6.32. The Morgan fingerprint density at radius 3 is 2.74 bits per heavy atom. The fraction of sp³-hybridized carbons (Fsp3) is 0.500. The van der Waals surface area contributed by atoms with Crippen LogP contribution in [0.5, 0.6) is 5.75 Å². The number of alkyl halides is 1. The van der Waals surface area contributed by atoms with Crippen molar-refractivity contribution in [1.82, 2.24) is 5.32 Å². The molecule has 0 unspecified atom stereocenters. The SMILES string of the molecule is COc1cc(C(=O)NC2(CBr)CCCC2)ccc1F. The molecule has 1 aromatic rings. The maximum atomic E-state index is 13.3. The Balaban J connectivity index is 2.15. The monoisotopic (exact) mass is 329 g/mol. The Labute approximate surface area is 120 Å². The van der Waals surface area contributed by atoms with Crippen LogP contribution in [0.25, 0.3) is 0 Å². The predicted molar refractivity (Wildman–Crippen MR) is 75.4 cm³/mol. The minimum atomic E-state index is -0.463. The van der Waals surface area contributed by atoms with E-state index < -0.39 is 5.82 Å². The molecule has 1 aliphatic carbocycles. The van der Waals surface area contributed by atoms with E-state index in [2.05, 4.69) is 21.2 Å². The molecule has 0 atom stereocenters. The van der Waals surface area contributed by atoms with Gasteiger partial charge in [0.15, 0.2) is 11.6 Å². The number of amides is 1. The highest BCUT2D eigenvalue weighted by Crippen LogP contribution is 2.31. The van der Waals surface area contributed by atoms with Gasteiger partial charge in [-0.1, -0.05) is 28.8 Å².